The summed E-state index contributed by atoms with van der Waals surface area (Å²) in [6.45, 7) is 0. The lowest BCUT2D eigenvalue weighted by molar-refractivity contribution is 0.890. The number of hydrogen-bond acceptors (Lipinski definition) is 5. The molecule has 1 aliphatic carbocycles. The van der Waals surface area contributed by atoms with Gasteiger partial charge in [0.25, 0.3) is 0 Å². The van der Waals surface area contributed by atoms with Crippen LogP contribution in [0.3, 0.4) is 0 Å². The van der Waals surface area contributed by atoms with Crippen LogP contribution in [0.4, 0.5) is 5.82 Å². The minimum Gasteiger partial charge on any atom is -0.384 e. The van der Waals surface area contributed by atoms with E-state index in [1.54, 1.807) is 11.3 Å². The summed E-state index contributed by atoms with van der Waals surface area (Å²) in [4.78, 5) is 13.1. The summed E-state index contributed by atoms with van der Waals surface area (Å²) in [5.41, 5.74) is 6.76. The van der Waals surface area contributed by atoms with Gasteiger partial charge in [-0.25, -0.2) is 15.0 Å². The number of rotatable bonds is 3. The highest BCUT2D eigenvalue weighted by molar-refractivity contribution is 7.09. The first kappa shape index (κ1) is 9.72. The molecule has 0 spiro atoms. The van der Waals surface area contributed by atoms with E-state index in [2.05, 4.69) is 15.0 Å². The first-order valence-corrected chi connectivity index (χ1v) is 6.21. The Morgan fingerprint density at radius 1 is 1.38 bits per heavy atom. The van der Waals surface area contributed by atoms with Crippen molar-refractivity contribution in [3.05, 3.63) is 34.2 Å². The molecule has 2 aromatic rings. The highest BCUT2D eigenvalue weighted by atomic mass is 32.1. The number of hydrogen-bond donors (Lipinski definition) is 1. The Kier molecular flexibility index (Phi) is 2.32. The quantitative estimate of drug-likeness (QED) is 0.878. The predicted molar refractivity (Wildman–Crippen MR) is 63.3 cm³/mol. The summed E-state index contributed by atoms with van der Waals surface area (Å²) in [7, 11) is 0. The molecule has 0 unspecified atom stereocenters. The molecule has 3 rings (SSSR count). The van der Waals surface area contributed by atoms with E-state index >= 15 is 0 Å². The standard InChI is InChI=1S/C11H12N4S/c12-9-5-8(6-10-13-3-4-16-10)14-11(15-9)7-1-2-7/h3-5,7H,1-2,6H2,(H2,12,14,15). The lowest BCUT2D eigenvalue weighted by Crippen LogP contribution is -2.02. The van der Waals surface area contributed by atoms with Gasteiger partial charge in [-0.05, 0) is 12.8 Å². The SMILES string of the molecule is Nc1cc(Cc2nccs2)nc(C2CC2)n1. The fourth-order valence-corrected chi connectivity index (χ4v) is 2.28. The van der Waals surface area contributed by atoms with Crippen LogP contribution in [0.15, 0.2) is 17.6 Å². The molecular formula is C11H12N4S. The van der Waals surface area contributed by atoms with Crippen molar-refractivity contribution in [3.63, 3.8) is 0 Å². The summed E-state index contributed by atoms with van der Waals surface area (Å²) in [6.07, 6.45) is 4.96. The van der Waals surface area contributed by atoms with Crippen molar-refractivity contribution >= 4 is 17.2 Å². The first-order chi connectivity index (χ1) is 7.81. The lowest BCUT2D eigenvalue weighted by Gasteiger charge is -2.03. The number of aromatic nitrogens is 3. The highest BCUT2D eigenvalue weighted by Crippen LogP contribution is 2.38. The van der Waals surface area contributed by atoms with Crippen LogP contribution in [-0.2, 0) is 6.42 Å². The third-order valence-electron chi connectivity index (χ3n) is 2.57. The summed E-state index contributed by atoms with van der Waals surface area (Å²) in [5, 5.41) is 3.04. The molecule has 0 bridgehead atoms. The molecule has 5 heteroatoms. The Balaban J connectivity index is 1.88. The van der Waals surface area contributed by atoms with Crippen LogP contribution in [0.25, 0.3) is 0 Å². The Morgan fingerprint density at radius 3 is 2.94 bits per heavy atom. The maximum Gasteiger partial charge on any atom is 0.134 e. The number of thiazole rings is 1. The van der Waals surface area contributed by atoms with Crippen molar-refractivity contribution in [3.8, 4) is 0 Å². The van der Waals surface area contributed by atoms with Gasteiger partial charge in [0.15, 0.2) is 0 Å². The minimum atomic E-state index is 0.540. The largest absolute Gasteiger partial charge is 0.384 e. The Hall–Kier alpha value is -1.49. The van der Waals surface area contributed by atoms with Crippen LogP contribution < -0.4 is 5.73 Å². The van der Waals surface area contributed by atoms with Gasteiger partial charge in [0.05, 0.1) is 10.7 Å². The molecule has 82 valence electrons. The third kappa shape index (κ3) is 2.04. The second-order valence-electron chi connectivity index (χ2n) is 4.02. The zero-order valence-corrected chi connectivity index (χ0v) is 9.57. The average molecular weight is 232 g/mol. The van der Waals surface area contributed by atoms with Crippen LogP contribution in [-0.4, -0.2) is 15.0 Å². The monoisotopic (exact) mass is 232 g/mol. The first-order valence-electron chi connectivity index (χ1n) is 5.33. The molecule has 2 aromatic heterocycles. The van der Waals surface area contributed by atoms with Gasteiger partial charge in [-0.1, -0.05) is 0 Å². The topological polar surface area (TPSA) is 64.7 Å². The number of nitrogens with zero attached hydrogens (tertiary/aromatic N) is 3. The van der Waals surface area contributed by atoms with E-state index in [4.69, 9.17) is 5.73 Å². The molecular weight excluding hydrogens is 220 g/mol. The maximum atomic E-state index is 5.79. The van der Waals surface area contributed by atoms with Gasteiger partial charge in [0, 0.05) is 30.0 Å². The maximum absolute atomic E-state index is 5.79. The molecule has 4 nitrogen and oxygen atoms in total. The van der Waals surface area contributed by atoms with Gasteiger partial charge >= 0.3 is 0 Å². The van der Waals surface area contributed by atoms with Crippen molar-refractivity contribution in [1.29, 1.82) is 0 Å². The van der Waals surface area contributed by atoms with Gasteiger partial charge in [0.1, 0.15) is 11.6 Å². The smallest absolute Gasteiger partial charge is 0.134 e. The normalized spacial score (nSPS) is 15.2. The molecule has 16 heavy (non-hydrogen) atoms. The molecule has 1 saturated carbocycles. The summed E-state index contributed by atoms with van der Waals surface area (Å²) in [5.74, 6) is 2.02. The van der Waals surface area contributed by atoms with Crippen LogP contribution in [0.5, 0.6) is 0 Å². The van der Waals surface area contributed by atoms with Gasteiger partial charge in [-0.3, -0.25) is 0 Å². The van der Waals surface area contributed by atoms with E-state index in [0.29, 0.717) is 11.7 Å². The second-order valence-corrected chi connectivity index (χ2v) is 5.00. The van der Waals surface area contributed by atoms with E-state index in [1.165, 1.54) is 12.8 Å². The van der Waals surface area contributed by atoms with Gasteiger partial charge in [0.2, 0.25) is 0 Å². The van der Waals surface area contributed by atoms with Crippen molar-refractivity contribution in [1.82, 2.24) is 15.0 Å². The predicted octanol–water partition coefficient (Wildman–Crippen LogP) is 1.98. The number of nitrogens with two attached hydrogens (primary N) is 1. The summed E-state index contributed by atoms with van der Waals surface area (Å²) < 4.78 is 0. The molecule has 1 fully saturated rings. The van der Waals surface area contributed by atoms with Gasteiger partial charge in [-0.15, -0.1) is 11.3 Å². The van der Waals surface area contributed by atoms with E-state index in [1.807, 2.05) is 17.6 Å². The molecule has 0 atom stereocenters. The highest BCUT2D eigenvalue weighted by Gasteiger charge is 2.27. The van der Waals surface area contributed by atoms with E-state index in [9.17, 15) is 0 Å². The number of anilines is 1. The fraction of sp³-hybridized carbons (Fsp3) is 0.364. The molecule has 2 heterocycles. The van der Waals surface area contributed by atoms with Crippen LogP contribution in [0.1, 0.15) is 35.3 Å². The second kappa shape index (κ2) is 3.83. The summed E-state index contributed by atoms with van der Waals surface area (Å²) in [6, 6.07) is 1.84. The zero-order chi connectivity index (χ0) is 11.0. The Morgan fingerprint density at radius 2 is 2.25 bits per heavy atom. The zero-order valence-electron chi connectivity index (χ0n) is 8.76. The number of nitrogen functional groups attached to an aromatic ring is 1. The minimum absolute atomic E-state index is 0.540. The molecule has 0 saturated heterocycles. The summed E-state index contributed by atoms with van der Waals surface area (Å²) >= 11 is 1.64. The third-order valence-corrected chi connectivity index (χ3v) is 3.35. The van der Waals surface area contributed by atoms with Crippen molar-refractivity contribution < 1.29 is 0 Å². The molecule has 1 aliphatic rings. The van der Waals surface area contributed by atoms with E-state index in [-0.39, 0.29) is 0 Å². The van der Waals surface area contributed by atoms with Crippen molar-refractivity contribution in [2.24, 2.45) is 0 Å². The molecule has 0 aliphatic heterocycles. The fourth-order valence-electron chi connectivity index (χ4n) is 1.65. The molecule has 0 aromatic carbocycles. The molecule has 2 N–H and O–H groups in total. The molecule has 0 radical (unpaired) electrons. The van der Waals surface area contributed by atoms with Crippen LogP contribution in [0, 0.1) is 0 Å². The Labute approximate surface area is 97.6 Å². The van der Waals surface area contributed by atoms with E-state index in [0.717, 1.165) is 22.9 Å². The van der Waals surface area contributed by atoms with Gasteiger partial charge in [-0.2, -0.15) is 0 Å². The average Bonchev–Trinajstić information content (AvgIpc) is 2.98. The molecule has 0 amide bonds. The lowest BCUT2D eigenvalue weighted by atomic mass is 10.3. The van der Waals surface area contributed by atoms with Gasteiger partial charge < -0.3 is 5.73 Å². The van der Waals surface area contributed by atoms with Crippen molar-refractivity contribution in [2.45, 2.75) is 25.2 Å². The van der Waals surface area contributed by atoms with E-state index < -0.39 is 0 Å². The Bertz CT molecular complexity index is 491. The van der Waals surface area contributed by atoms with Crippen LogP contribution in [0.2, 0.25) is 0 Å². The van der Waals surface area contributed by atoms with Crippen molar-refractivity contribution in [2.75, 3.05) is 5.73 Å². The van der Waals surface area contributed by atoms with Crippen LogP contribution >= 0.6 is 11.3 Å².